The summed E-state index contributed by atoms with van der Waals surface area (Å²) in [5.74, 6) is 1.94. The zero-order valence-corrected chi connectivity index (χ0v) is 13.9. The molecule has 2 heterocycles. The lowest BCUT2D eigenvalue weighted by Gasteiger charge is -2.28. The fourth-order valence-corrected chi connectivity index (χ4v) is 3.64. The first kappa shape index (κ1) is 16.0. The number of carbonyl (C=O) groups excluding carboxylic acids is 1. The Morgan fingerprint density at radius 2 is 1.83 bits per heavy atom. The predicted octanol–water partition coefficient (Wildman–Crippen LogP) is 2.10. The molecule has 0 radical (unpaired) electrons. The third-order valence-electron chi connectivity index (χ3n) is 4.90. The minimum atomic E-state index is 0.251. The number of hydrogen-bond acceptors (Lipinski definition) is 5. The topological polar surface area (TPSA) is 58.6 Å². The van der Waals surface area contributed by atoms with E-state index >= 15 is 0 Å². The highest BCUT2D eigenvalue weighted by molar-refractivity contribution is 5.79. The molecule has 1 amide bonds. The van der Waals surface area contributed by atoms with Crippen LogP contribution in [0.2, 0.25) is 0 Å². The quantitative estimate of drug-likeness (QED) is 0.854. The van der Waals surface area contributed by atoms with Crippen molar-refractivity contribution in [2.75, 3.05) is 38.2 Å². The number of hydrogen-bond donors (Lipinski definition) is 0. The van der Waals surface area contributed by atoms with Gasteiger partial charge in [-0.2, -0.15) is 0 Å². The van der Waals surface area contributed by atoms with Crippen LogP contribution in [0.15, 0.2) is 12.4 Å². The maximum Gasteiger partial charge on any atom is 0.257 e. The molecule has 0 unspecified atom stereocenters. The van der Waals surface area contributed by atoms with Gasteiger partial charge < -0.3 is 14.5 Å². The van der Waals surface area contributed by atoms with Gasteiger partial charge in [0.05, 0.1) is 7.11 Å². The highest BCUT2D eigenvalue weighted by Gasteiger charge is 2.28. The molecule has 0 aromatic carbocycles. The molecule has 1 aromatic rings. The first-order valence-corrected chi connectivity index (χ1v) is 8.68. The van der Waals surface area contributed by atoms with Gasteiger partial charge in [-0.1, -0.05) is 19.3 Å². The number of rotatable bonds is 3. The molecule has 6 heteroatoms. The van der Waals surface area contributed by atoms with E-state index in [9.17, 15) is 4.79 Å². The van der Waals surface area contributed by atoms with E-state index in [-0.39, 0.29) is 5.92 Å². The molecule has 0 atom stereocenters. The van der Waals surface area contributed by atoms with Crippen molar-refractivity contribution in [3.8, 4) is 5.88 Å². The standard InChI is InChI=1S/C17H26N4O2/c1-23-16-15(18-8-9-19-16)20-10-5-11-21(13-12-20)17(22)14-6-3-2-4-7-14/h8-9,14H,2-7,10-13H2,1H3. The van der Waals surface area contributed by atoms with E-state index in [1.165, 1.54) is 19.3 Å². The van der Waals surface area contributed by atoms with E-state index in [1.54, 1.807) is 19.5 Å². The average molecular weight is 318 g/mol. The van der Waals surface area contributed by atoms with Crippen LogP contribution in [0.1, 0.15) is 38.5 Å². The summed E-state index contributed by atoms with van der Waals surface area (Å²) in [4.78, 5) is 25.6. The molecule has 1 saturated heterocycles. The molecule has 2 aliphatic rings. The van der Waals surface area contributed by atoms with Crippen molar-refractivity contribution < 1.29 is 9.53 Å². The minimum Gasteiger partial charge on any atom is -0.478 e. The lowest BCUT2D eigenvalue weighted by atomic mass is 9.88. The van der Waals surface area contributed by atoms with Gasteiger partial charge in [0.2, 0.25) is 5.91 Å². The van der Waals surface area contributed by atoms with E-state index in [2.05, 4.69) is 19.8 Å². The summed E-state index contributed by atoms with van der Waals surface area (Å²) < 4.78 is 5.31. The van der Waals surface area contributed by atoms with Crippen LogP contribution in [0.4, 0.5) is 5.82 Å². The Morgan fingerprint density at radius 3 is 2.61 bits per heavy atom. The smallest absolute Gasteiger partial charge is 0.257 e. The summed E-state index contributed by atoms with van der Waals surface area (Å²) in [7, 11) is 1.62. The van der Waals surface area contributed by atoms with Gasteiger partial charge in [0.15, 0.2) is 5.82 Å². The molecule has 1 saturated carbocycles. The van der Waals surface area contributed by atoms with E-state index in [0.29, 0.717) is 11.8 Å². The Morgan fingerprint density at radius 1 is 1.04 bits per heavy atom. The highest BCUT2D eigenvalue weighted by Crippen LogP contribution is 2.27. The van der Waals surface area contributed by atoms with Crippen LogP contribution in [0.3, 0.4) is 0 Å². The van der Waals surface area contributed by atoms with Crippen LogP contribution in [0.5, 0.6) is 5.88 Å². The second-order valence-corrected chi connectivity index (χ2v) is 6.39. The van der Waals surface area contributed by atoms with Gasteiger partial charge in [0.25, 0.3) is 5.88 Å². The third-order valence-corrected chi connectivity index (χ3v) is 4.90. The van der Waals surface area contributed by atoms with Gasteiger partial charge in [-0.15, -0.1) is 0 Å². The number of methoxy groups -OCH3 is 1. The summed E-state index contributed by atoms with van der Waals surface area (Å²) in [6, 6.07) is 0. The van der Waals surface area contributed by atoms with Gasteiger partial charge in [-0.3, -0.25) is 4.79 Å². The van der Waals surface area contributed by atoms with Crippen LogP contribution >= 0.6 is 0 Å². The van der Waals surface area contributed by atoms with Gasteiger partial charge in [0.1, 0.15) is 0 Å². The summed E-state index contributed by atoms with van der Waals surface area (Å²) in [6.45, 7) is 3.26. The molecule has 1 aliphatic carbocycles. The molecule has 0 bridgehead atoms. The first-order chi connectivity index (χ1) is 11.3. The van der Waals surface area contributed by atoms with Crippen LogP contribution in [0, 0.1) is 5.92 Å². The van der Waals surface area contributed by atoms with Crippen LogP contribution in [-0.2, 0) is 4.79 Å². The van der Waals surface area contributed by atoms with Crippen molar-refractivity contribution in [1.29, 1.82) is 0 Å². The molecule has 1 aliphatic heterocycles. The van der Waals surface area contributed by atoms with Crippen molar-refractivity contribution in [2.45, 2.75) is 38.5 Å². The molecule has 1 aromatic heterocycles. The summed E-state index contributed by atoms with van der Waals surface area (Å²) in [6.07, 6.45) is 10.1. The van der Waals surface area contributed by atoms with E-state index in [1.807, 2.05) is 0 Å². The highest BCUT2D eigenvalue weighted by atomic mass is 16.5. The van der Waals surface area contributed by atoms with Gasteiger partial charge in [-0.25, -0.2) is 9.97 Å². The maximum atomic E-state index is 12.7. The first-order valence-electron chi connectivity index (χ1n) is 8.68. The minimum absolute atomic E-state index is 0.251. The largest absolute Gasteiger partial charge is 0.478 e. The molecule has 23 heavy (non-hydrogen) atoms. The molecular weight excluding hydrogens is 292 g/mol. The second kappa shape index (κ2) is 7.62. The zero-order valence-electron chi connectivity index (χ0n) is 13.9. The van der Waals surface area contributed by atoms with E-state index in [4.69, 9.17) is 4.74 Å². The van der Waals surface area contributed by atoms with E-state index < -0.39 is 0 Å². The summed E-state index contributed by atoms with van der Waals surface area (Å²) in [5, 5.41) is 0. The Labute approximate surface area is 137 Å². The Bertz CT molecular complexity index is 531. The zero-order chi connectivity index (χ0) is 16.1. The maximum absolute atomic E-state index is 12.7. The van der Waals surface area contributed by atoms with E-state index in [0.717, 1.165) is 51.3 Å². The third kappa shape index (κ3) is 3.74. The van der Waals surface area contributed by atoms with Crippen LogP contribution in [0.25, 0.3) is 0 Å². The number of amides is 1. The summed E-state index contributed by atoms with van der Waals surface area (Å²) >= 11 is 0. The SMILES string of the molecule is COc1nccnc1N1CCCN(C(=O)C2CCCCC2)CC1. The normalized spacial score (nSPS) is 20.2. The lowest BCUT2D eigenvalue weighted by molar-refractivity contribution is -0.136. The lowest BCUT2D eigenvalue weighted by Crippen LogP contribution is -2.39. The van der Waals surface area contributed by atoms with Crippen molar-refractivity contribution in [1.82, 2.24) is 14.9 Å². The van der Waals surface area contributed by atoms with Gasteiger partial charge in [-0.05, 0) is 19.3 Å². The molecule has 0 N–H and O–H groups in total. The number of anilines is 1. The van der Waals surface area contributed by atoms with Crippen LogP contribution in [-0.4, -0.2) is 54.1 Å². The molecule has 6 nitrogen and oxygen atoms in total. The molecule has 2 fully saturated rings. The fourth-order valence-electron chi connectivity index (χ4n) is 3.64. The number of ether oxygens (including phenoxy) is 1. The van der Waals surface area contributed by atoms with Crippen molar-refractivity contribution >= 4 is 11.7 Å². The number of carbonyl (C=O) groups is 1. The Hall–Kier alpha value is -1.85. The molecule has 126 valence electrons. The molecule has 3 rings (SSSR count). The van der Waals surface area contributed by atoms with Crippen molar-refractivity contribution in [3.05, 3.63) is 12.4 Å². The fraction of sp³-hybridized carbons (Fsp3) is 0.706. The predicted molar refractivity (Wildman–Crippen MR) is 88.6 cm³/mol. The average Bonchev–Trinajstić information content (AvgIpc) is 2.88. The summed E-state index contributed by atoms with van der Waals surface area (Å²) in [5.41, 5.74) is 0. The Kier molecular flexibility index (Phi) is 5.31. The second-order valence-electron chi connectivity index (χ2n) is 6.39. The van der Waals surface area contributed by atoms with Crippen molar-refractivity contribution in [2.24, 2.45) is 5.92 Å². The van der Waals surface area contributed by atoms with Gasteiger partial charge in [0, 0.05) is 44.5 Å². The van der Waals surface area contributed by atoms with Gasteiger partial charge >= 0.3 is 0 Å². The Balaban J connectivity index is 1.63. The number of aromatic nitrogens is 2. The molecule has 0 spiro atoms. The monoisotopic (exact) mass is 318 g/mol. The van der Waals surface area contributed by atoms with Crippen molar-refractivity contribution in [3.63, 3.8) is 0 Å². The molecular formula is C17H26N4O2. The number of nitrogens with zero attached hydrogens (tertiary/aromatic N) is 4. The van der Waals surface area contributed by atoms with Crippen LogP contribution < -0.4 is 9.64 Å².